The van der Waals surface area contributed by atoms with E-state index < -0.39 is 0 Å². The molecule has 0 saturated carbocycles. The van der Waals surface area contributed by atoms with E-state index >= 15 is 0 Å². The first-order chi connectivity index (χ1) is 14.2. The molecule has 4 rings (SSSR count). The summed E-state index contributed by atoms with van der Waals surface area (Å²) in [6.45, 7) is 0. The molecular formula is C20H18N4OS4. The van der Waals surface area contributed by atoms with E-state index in [1.807, 2.05) is 30.3 Å². The van der Waals surface area contributed by atoms with Crippen molar-refractivity contribution in [3.8, 4) is 11.8 Å². The Morgan fingerprint density at radius 1 is 1.24 bits per heavy atom. The van der Waals surface area contributed by atoms with Crippen LogP contribution in [0.2, 0.25) is 0 Å². The lowest BCUT2D eigenvalue weighted by molar-refractivity contribution is -0.113. The summed E-state index contributed by atoms with van der Waals surface area (Å²) in [7, 11) is 0. The zero-order chi connectivity index (χ0) is 20.2. The summed E-state index contributed by atoms with van der Waals surface area (Å²) in [5.74, 6) is 0.0973. The number of rotatable bonds is 5. The highest BCUT2D eigenvalue weighted by Gasteiger charge is 2.21. The van der Waals surface area contributed by atoms with Gasteiger partial charge >= 0.3 is 0 Å². The van der Waals surface area contributed by atoms with E-state index in [0.29, 0.717) is 14.5 Å². The highest BCUT2D eigenvalue weighted by Crippen LogP contribution is 2.37. The fourth-order valence-corrected chi connectivity index (χ4v) is 6.71. The minimum Gasteiger partial charge on any atom is -0.316 e. The van der Waals surface area contributed by atoms with Crippen LogP contribution in [0.1, 0.15) is 35.3 Å². The third-order valence-corrected chi connectivity index (χ3v) is 8.22. The number of thioether (sulfide) groups is 1. The summed E-state index contributed by atoms with van der Waals surface area (Å²) >= 11 is 9.71. The lowest BCUT2D eigenvalue weighted by Crippen LogP contribution is -2.14. The van der Waals surface area contributed by atoms with Crippen LogP contribution < -0.4 is 5.32 Å². The van der Waals surface area contributed by atoms with Gasteiger partial charge in [0.05, 0.1) is 17.0 Å². The Labute approximate surface area is 186 Å². The third kappa shape index (κ3) is 4.61. The summed E-state index contributed by atoms with van der Waals surface area (Å²) < 4.78 is 3.11. The topological polar surface area (TPSA) is 70.7 Å². The standard InChI is InChI=1S/C20H18N4OS4/c21-11-15-14-9-5-2-6-10-16(14)28-18(15)22-17(25)12-27-19-23-24(20(26)29-19)13-7-3-1-4-8-13/h1,3-4,7-8H,2,5-6,9-10,12H2,(H,22,25). The normalized spacial score (nSPS) is 13.3. The van der Waals surface area contributed by atoms with E-state index in [2.05, 4.69) is 16.5 Å². The molecule has 3 aromatic rings. The maximum Gasteiger partial charge on any atom is 0.235 e. The first kappa shape index (κ1) is 20.3. The number of fused-ring (bicyclic) bond motifs is 1. The number of anilines is 1. The average molecular weight is 459 g/mol. The van der Waals surface area contributed by atoms with Crippen LogP contribution in [0.25, 0.3) is 5.69 Å². The zero-order valence-corrected chi connectivity index (χ0v) is 18.8. The smallest absolute Gasteiger partial charge is 0.235 e. The summed E-state index contributed by atoms with van der Waals surface area (Å²) in [5, 5.41) is 17.7. The summed E-state index contributed by atoms with van der Waals surface area (Å²) in [6, 6.07) is 12.0. The molecule has 0 unspecified atom stereocenters. The largest absolute Gasteiger partial charge is 0.316 e. The molecule has 0 saturated heterocycles. The highest BCUT2D eigenvalue weighted by molar-refractivity contribution is 8.01. The van der Waals surface area contributed by atoms with Gasteiger partial charge in [0.2, 0.25) is 5.91 Å². The Morgan fingerprint density at radius 3 is 2.83 bits per heavy atom. The molecule has 0 spiro atoms. The number of carbonyl (C=O) groups excluding carboxylic acids is 1. The number of para-hydroxylation sites is 1. The Bertz CT molecular complexity index is 1120. The maximum absolute atomic E-state index is 12.5. The highest BCUT2D eigenvalue weighted by atomic mass is 32.2. The predicted molar refractivity (Wildman–Crippen MR) is 122 cm³/mol. The monoisotopic (exact) mass is 458 g/mol. The van der Waals surface area contributed by atoms with Crippen LogP contribution in [-0.4, -0.2) is 21.4 Å². The number of aromatic nitrogens is 2. The molecule has 1 aliphatic rings. The molecule has 9 heteroatoms. The van der Waals surface area contributed by atoms with Gasteiger partial charge in [-0.15, -0.1) is 16.4 Å². The number of nitrogens with zero attached hydrogens (tertiary/aromatic N) is 3. The molecule has 148 valence electrons. The lowest BCUT2D eigenvalue weighted by atomic mass is 10.1. The molecular weight excluding hydrogens is 441 g/mol. The van der Waals surface area contributed by atoms with Crippen molar-refractivity contribution in [2.24, 2.45) is 0 Å². The van der Waals surface area contributed by atoms with Gasteiger partial charge in [-0.25, -0.2) is 4.68 Å². The molecule has 0 atom stereocenters. The number of benzene rings is 1. The van der Waals surface area contributed by atoms with Gasteiger partial charge in [-0.1, -0.05) is 47.7 Å². The Morgan fingerprint density at radius 2 is 2.03 bits per heavy atom. The van der Waals surface area contributed by atoms with Crippen molar-refractivity contribution in [1.82, 2.24) is 9.78 Å². The SMILES string of the molecule is N#Cc1c(NC(=O)CSc2nn(-c3ccccc3)c(=S)s2)sc2c1CCCCC2. The van der Waals surface area contributed by atoms with Crippen LogP contribution in [0.3, 0.4) is 0 Å². The third-order valence-electron chi connectivity index (χ3n) is 4.64. The molecule has 2 aromatic heterocycles. The van der Waals surface area contributed by atoms with Crippen LogP contribution in [0.5, 0.6) is 0 Å². The van der Waals surface area contributed by atoms with E-state index in [9.17, 15) is 10.1 Å². The number of nitriles is 1. The predicted octanol–water partition coefficient (Wildman–Crippen LogP) is 5.60. The van der Waals surface area contributed by atoms with Crippen LogP contribution in [0.15, 0.2) is 34.7 Å². The molecule has 2 heterocycles. The van der Waals surface area contributed by atoms with Crippen molar-refractivity contribution >= 4 is 57.6 Å². The second kappa shape index (κ2) is 9.22. The van der Waals surface area contributed by atoms with E-state index in [0.717, 1.165) is 41.3 Å². The van der Waals surface area contributed by atoms with Gasteiger partial charge < -0.3 is 5.32 Å². The molecule has 0 fully saturated rings. The number of carbonyl (C=O) groups is 1. The molecule has 0 radical (unpaired) electrons. The average Bonchev–Trinajstić information content (AvgIpc) is 3.17. The maximum atomic E-state index is 12.5. The van der Waals surface area contributed by atoms with Gasteiger partial charge in [-0.2, -0.15) is 5.26 Å². The van der Waals surface area contributed by atoms with Gasteiger partial charge in [-0.05, 0) is 55.6 Å². The Balaban J connectivity index is 1.43. The molecule has 1 aromatic carbocycles. The van der Waals surface area contributed by atoms with Crippen LogP contribution >= 0.6 is 46.7 Å². The second-order valence-corrected chi connectivity index (χ2v) is 10.5. The van der Waals surface area contributed by atoms with E-state index in [-0.39, 0.29) is 11.7 Å². The molecule has 0 bridgehead atoms. The number of nitrogens with one attached hydrogen (secondary N) is 1. The Hall–Kier alpha value is -1.99. The minimum atomic E-state index is -0.129. The number of amides is 1. The number of hydrogen-bond donors (Lipinski definition) is 1. The number of hydrogen-bond acceptors (Lipinski definition) is 7. The van der Waals surface area contributed by atoms with Crippen LogP contribution in [0, 0.1) is 15.3 Å². The van der Waals surface area contributed by atoms with Crippen molar-refractivity contribution in [3.05, 3.63) is 50.3 Å². The summed E-state index contributed by atoms with van der Waals surface area (Å²) in [4.78, 5) is 13.8. The molecule has 0 aliphatic heterocycles. The molecule has 1 aliphatic carbocycles. The quantitative estimate of drug-likeness (QED) is 0.306. The summed E-state index contributed by atoms with van der Waals surface area (Å²) in [5.41, 5.74) is 2.69. The van der Waals surface area contributed by atoms with Crippen LogP contribution in [-0.2, 0) is 17.6 Å². The molecule has 5 nitrogen and oxygen atoms in total. The van der Waals surface area contributed by atoms with E-state index in [1.165, 1.54) is 34.4 Å². The molecule has 29 heavy (non-hydrogen) atoms. The fourth-order valence-electron chi connectivity index (χ4n) is 3.29. The first-order valence-corrected chi connectivity index (χ1v) is 12.3. The van der Waals surface area contributed by atoms with Crippen molar-refractivity contribution < 1.29 is 4.79 Å². The van der Waals surface area contributed by atoms with Crippen molar-refractivity contribution in [3.63, 3.8) is 0 Å². The number of thiophene rings is 1. The van der Waals surface area contributed by atoms with Gasteiger partial charge in [0.25, 0.3) is 0 Å². The van der Waals surface area contributed by atoms with Crippen molar-refractivity contribution in [1.29, 1.82) is 5.26 Å². The molecule has 1 amide bonds. The first-order valence-electron chi connectivity index (χ1n) is 9.28. The van der Waals surface area contributed by atoms with Crippen LogP contribution in [0.4, 0.5) is 5.00 Å². The van der Waals surface area contributed by atoms with E-state index in [1.54, 1.807) is 16.0 Å². The van der Waals surface area contributed by atoms with Crippen molar-refractivity contribution in [2.75, 3.05) is 11.1 Å². The minimum absolute atomic E-state index is 0.129. The molecule has 1 N–H and O–H groups in total. The van der Waals surface area contributed by atoms with Gasteiger partial charge in [0.15, 0.2) is 8.29 Å². The van der Waals surface area contributed by atoms with Gasteiger partial charge in [0.1, 0.15) is 11.1 Å². The second-order valence-electron chi connectivity index (χ2n) is 6.60. The Kier molecular flexibility index (Phi) is 6.45. The van der Waals surface area contributed by atoms with E-state index in [4.69, 9.17) is 12.2 Å². The number of aryl methyl sites for hydroxylation is 1. The van der Waals surface area contributed by atoms with Gasteiger partial charge in [0, 0.05) is 4.88 Å². The lowest BCUT2D eigenvalue weighted by Gasteiger charge is -2.03. The van der Waals surface area contributed by atoms with Gasteiger partial charge in [-0.3, -0.25) is 4.79 Å². The van der Waals surface area contributed by atoms with Crippen molar-refractivity contribution in [2.45, 2.75) is 36.4 Å². The fraction of sp³-hybridized carbons (Fsp3) is 0.300. The zero-order valence-electron chi connectivity index (χ0n) is 15.5. The summed E-state index contributed by atoms with van der Waals surface area (Å²) in [6.07, 6.45) is 5.39.